The van der Waals surface area contributed by atoms with E-state index in [2.05, 4.69) is 5.32 Å². The number of nitrogens with zero attached hydrogens (tertiary/aromatic N) is 1. The highest BCUT2D eigenvalue weighted by Crippen LogP contribution is 2.28. The third-order valence-corrected chi connectivity index (χ3v) is 3.81. The molecule has 1 saturated heterocycles. The molecule has 2 amide bonds. The molecule has 24 heavy (non-hydrogen) atoms. The lowest BCUT2D eigenvalue weighted by Gasteiger charge is -2.17. The molecule has 0 spiro atoms. The third-order valence-electron chi connectivity index (χ3n) is 3.81. The van der Waals surface area contributed by atoms with Gasteiger partial charge in [-0.3, -0.25) is 9.59 Å². The van der Waals surface area contributed by atoms with E-state index in [1.807, 2.05) is 20.8 Å². The second kappa shape index (κ2) is 7.33. The van der Waals surface area contributed by atoms with Crippen molar-refractivity contribution >= 4 is 23.5 Å². The van der Waals surface area contributed by atoms with Crippen LogP contribution in [0.15, 0.2) is 18.2 Å². The van der Waals surface area contributed by atoms with Crippen molar-refractivity contribution in [3.63, 3.8) is 0 Å². The van der Waals surface area contributed by atoms with Gasteiger partial charge in [0.15, 0.2) is 0 Å². The molecule has 2 N–H and O–H groups in total. The Bertz CT molecular complexity index is 656. The van der Waals surface area contributed by atoms with E-state index in [1.165, 1.54) is 18.2 Å². The fourth-order valence-electron chi connectivity index (χ4n) is 2.61. The Labute approximate surface area is 140 Å². The van der Waals surface area contributed by atoms with Crippen molar-refractivity contribution in [2.45, 2.75) is 33.3 Å². The van der Waals surface area contributed by atoms with Crippen LogP contribution >= 0.6 is 0 Å². The van der Waals surface area contributed by atoms with Crippen molar-refractivity contribution < 1.29 is 24.2 Å². The molecule has 1 aliphatic rings. The van der Waals surface area contributed by atoms with Crippen LogP contribution in [0.5, 0.6) is 5.75 Å². The number of ether oxygens (including phenoxy) is 1. The molecule has 0 radical (unpaired) electrons. The quantitative estimate of drug-likeness (QED) is 0.829. The molecule has 0 aliphatic carbocycles. The van der Waals surface area contributed by atoms with Crippen molar-refractivity contribution in [2.75, 3.05) is 18.4 Å². The number of hydrogen-bond donors (Lipinski definition) is 2. The molecule has 1 aliphatic heterocycles. The molecular formula is C17H22N2O5. The maximum absolute atomic E-state index is 12.4. The van der Waals surface area contributed by atoms with Crippen LogP contribution in [0.1, 0.15) is 37.6 Å². The standard InChI is InChI=1S/C17H22N2O5/c1-4-19-9-12(8-15(19)20)16(21)18-13-7-11(17(22)23)5-6-14(13)24-10(2)3/h5-7,10,12H,4,8-9H2,1-3H3,(H,18,21)(H,22,23). The Morgan fingerprint density at radius 1 is 1.42 bits per heavy atom. The number of benzene rings is 1. The van der Waals surface area contributed by atoms with Gasteiger partial charge in [-0.15, -0.1) is 0 Å². The van der Waals surface area contributed by atoms with Gasteiger partial charge in [0.2, 0.25) is 11.8 Å². The van der Waals surface area contributed by atoms with E-state index in [0.29, 0.717) is 24.5 Å². The molecule has 2 rings (SSSR count). The monoisotopic (exact) mass is 334 g/mol. The predicted molar refractivity (Wildman–Crippen MR) is 88.2 cm³/mol. The van der Waals surface area contributed by atoms with Crippen LogP contribution in [0.3, 0.4) is 0 Å². The number of aromatic carboxylic acids is 1. The fourth-order valence-corrected chi connectivity index (χ4v) is 2.61. The molecule has 1 unspecified atom stereocenters. The first-order chi connectivity index (χ1) is 11.3. The second-order valence-corrected chi connectivity index (χ2v) is 6.01. The molecule has 0 bridgehead atoms. The number of anilines is 1. The Morgan fingerprint density at radius 2 is 2.12 bits per heavy atom. The van der Waals surface area contributed by atoms with E-state index >= 15 is 0 Å². The van der Waals surface area contributed by atoms with Gasteiger partial charge in [0.25, 0.3) is 0 Å². The molecule has 1 heterocycles. The van der Waals surface area contributed by atoms with E-state index in [1.54, 1.807) is 4.90 Å². The Morgan fingerprint density at radius 3 is 2.67 bits per heavy atom. The smallest absolute Gasteiger partial charge is 0.335 e. The molecule has 7 nitrogen and oxygen atoms in total. The van der Waals surface area contributed by atoms with Gasteiger partial charge in [-0.25, -0.2) is 4.79 Å². The van der Waals surface area contributed by atoms with Crippen molar-refractivity contribution in [1.29, 1.82) is 0 Å². The van der Waals surface area contributed by atoms with Crippen molar-refractivity contribution in [1.82, 2.24) is 4.90 Å². The number of carbonyl (C=O) groups excluding carboxylic acids is 2. The molecule has 130 valence electrons. The van der Waals surface area contributed by atoms with Gasteiger partial charge in [-0.2, -0.15) is 0 Å². The topological polar surface area (TPSA) is 95.9 Å². The SMILES string of the molecule is CCN1CC(C(=O)Nc2cc(C(=O)O)ccc2OC(C)C)CC1=O. The number of carboxylic acids is 1. The van der Waals surface area contributed by atoms with Crippen LogP contribution in [0.25, 0.3) is 0 Å². The number of amides is 2. The largest absolute Gasteiger partial charge is 0.489 e. The first-order valence-electron chi connectivity index (χ1n) is 7.94. The normalized spacial score (nSPS) is 17.2. The highest BCUT2D eigenvalue weighted by Gasteiger charge is 2.33. The second-order valence-electron chi connectivity index (χ2n) is 6.01. The van der Waals surface area contributed by atoms with E-state index < -0.39 is 11.9 Å². The minimum atomic E-state index is -1.09. The summed E-state index contributed by atoms with van der Waals surface area (Å²) in [5, 5.41) is 11.8. The molecular weight excluding hydrogens is 312 g/mol. The van der Waals surface area contributed by atoms with Crippen molar-refractivity contribution in [3.8, 4) is 5.75 Å². The van der Waals surface area contributed by atoms with Crippen LogP contribution in [0.4, 0.5) is 5.69 Å². The van der Waals surface area contributed by atoms with Gasteiger partial charge in [0.1, 0.15) is 5.75 Å². The summed E-state index contributed by atoms with van der Waals surface area (Å²) in [6.07, 6.45) is 0.0403. The zero-order chi connectivity index (χ0) is 17.9. The zero-order valence-corrected chi connectivity index (χ0v) is 14.0. The molecule has 1 aromatic carbocycles. The van der Waals surface area contributed by atoms with Crippen LogP contribution in [-0.4, -0.2) is 47.0 Å². The van der Waals surface area contributed by atoms with Crippen LogP contribution in [0.2, 0.25) is 0 Å². The zero-order valence-electron chi connectivity index (χ0n) is 14.0. The summed E-state index contributed by atoms with van der Waals surface area (Å²) in [4.78, 5) is 37.0. The molecule has 0 saturated carbocycles. The number of carbonyl (C=O) groups is 3. The molecule has 1 atom stereocenters. The van der Waals surface area contributed by atoms with Gasteiger partial charge >= 0.3 is 5.97 Å². The van der Waals surface area contributed by atoms with E-state index in [9.17, 15) is 14.4 Å². The summed E-state index contributed by atoms with van der Waals surface area (Å²) in [5.74, 6) is -1.49. The summed E-state index contributed by atoms with van der Waals surface area (Å²) in [5.41, 5.74) is 0.357. The Hall–Kier alpha value is -2.57. The Kier molecular flexibility index (Phi) is 5.43. The van der Waals surface area contributed by atoms with Gasteiger partial charge < -0.3 is 20.1 Å². The lowest BCUT2D eigenvalue weighted by Crippen LogP contribution is -2.28. The summed E-state index contributed by atoms with van der Waals surface area (Å²) in [7, 11) is 0. The average Bonchev–Trinajstić information content (AvgIpc) is 2.89. The fraction of sp³-hybridized carbons (Fsp3) is 0.471. The molecule has 7 heteroatoms. The maximum Gasteiger partial charge on any atom is 0.335 e. The number of likely N-dealkylation sites (tertiary alicyclic amines) is 1. The molecule has 0 aromatic heterocycles. The summed E-state index contributed by atoms with van der Waals surface area (Å²) >= 11 is 0. The van der Waals surface area contributed by atoms with Gasteiger partial charge in [0, 0.05) is 19.5 Å². The van der Waals surface area contributed by atoms with E-state index in [4.69, 9.17) is 9.84 Å². The first-order valence-corrected chi connectivity index (χ1v) is 7.94. The van der Waals surface area contributed by atoms with Crippen LogP contribution < -0.4 is 10.1 Å². The predicted octanol–water partition coefficient (Wildman–Crippen LogP) is 1.98. The maximum atomic E-state index is 12.4. The number of carboxylic acid groups (broad SMARTS) is 1. The minimum absolute atomic E-state index is 0.0457. The minimum Gasteiger partial charge on any atom is -0.489 e. The molecule has 1 aromatic rings. The van der Waals surface area contributed by atoms with Gasteiger partial charge in [-0.05, 0) is 39.0 Å². The van der Waals surface area contributed by atoms with Crippen LogP contribution in [-0.2, 0) is 9.59 Å². The van der Waals surface area contributed by atoms with Crippen molar-refractivity contribution in [3.05, 3.63) is 23.8 Å². The lowest BCUT2D eigenvalue weighted by molar-refractivity contribution is -0.128. The van der Waals surface area contributed by atoms with Crippen LogP contribution in [0, 0.1) is 5.92 Å². The number of nitrogens with one attached hydrogen (secondary N) is 1. The number of rotatable bonds is 6. The Balaban J connectivity index is 2.20. The lowest BCUT2D eigenvalue weighted by atomic mass is 10.1. The number of hydrogen-bond acceptors (Lipinski definition) is 4. The van der Waals surface area contributed by atoms with Gasteiger partial charge in [-0.1, -0.05) is 0 Å². The summed E-state index contributed by atoms with van der Waals surface area (Å²) < 4.78 is 5.62. The van der Waals surface area contributed by atoms with Crippen molar-refractivity contribution in [2.24, 2.45) is 5.92 Å². The first kappa shape index (κ1) is 17.8. The third kappa shape index (κ3) is 4.04. The highest BCUT2D eigenvalue weighted by atomic mass is 16.5. The highest BCUT2D eigenvalue weighted by molar-refractivity contribution is 5.99. The summed E-state index contributed by atoms with van der Waals surface area (Å²) in [6, 6.07) is 4.32. The van der Waals surface area contributed by atoms with E-state index in [0.717, 1.165) is 0 Å². The molecule has 1 fully saturated rings. The van der Waals surface area contributed by atoms with E-state index in [-0.39, 0.29) is 29.9 Å². The van der Waals surface area contributed by atoms with Gasteiger partial charge in [0.05, 0.1) is 23.3 Å². The average molecular weight is 334 g/mol. The summed E-state index contributed by atoms with van der Waals surface area (Å²) in [6.45, 7) is 6.49.